The molecule has 1 aromatic heterocycles. The van der Waals surface area contributed by atoms with Crippen LogP contribution in [-0.4, -0.2) is 26.7 Å². The van der Waals surface area contributed by atoms with Crippen molar-refractivity contribution >= 4 is 33.5 Å². The van der Waals surface area contributed by atoms with Gasteiger partial charge in [-0.15, -0.1) is 0 Å². The minimum absolute atomic E-state index is 0.292. The number of carbonyl (C=O) groups excluding carboxylic acids is 1. The first-order chi connectivity index (χ1) is 14.1. The number of hydrogen-bond donors (Lipinski definition) is 1. The van der Waals surface area contributed by atoms with Crippen LogP contribution in [0.1, 0.15) is 17.3 Å². The predicted molar refractivity (Wildman–Crippen MR) is 112 cm³/mol. The molecule has 1 heterocycles. The van der Waals surface area contributed by atoms with Gasteiger partial charge in [-0.3, -0.25) is 4.79 Å². The van der Waals surface area contributed by atoms with Crippen molar-refractivity contribution < 1.29 is 23.4 Å². The molecule has 0 aliphatic carbocycles. The Morgan fingerprint density at radius 3 is 2.45 bits per heavy atom. The van der Waals surface area contributed by atoms with E-state index in [0.29, 0.717) is 40.7 Å². The molecular formula is C23H21NO5. The lowest BCUT2D eigenvalue weighted by molar-refractivity contribution is 0.102. The molecule has 148 valence electrons. The first-order valence-corrected chi connectivity index (χ1v) is 9.26. The van der Waals surface area contributed by atoms with E-state index in [2.05, 4.69) is 5.32 Å². The van der Waals surface area contributed by atoms with Crippen LogP contribution in [0.5, 0.6) is 17.2 Å². The number of amides is 1. The van der Waals surface area contributed by atoms with Crippen molar-refractivity contribution in [3.63, 3.8) is 0 Å². The zero-order valence-corrected chi connectivity index (χ0v) is 16.4. The highest BCUT2D eigenvalue weighted by molar-refractivity contribution is 6.10. The Balaban J connectivity index is 1.69. The normalized spacial score (nSPS) is 10.9. The van der Waals surface area contributed by atoms with Crippen LogP contribution in [0.15, 0.2) is 59.0 Å². The zero-order chi connectivity index (χ0) is 20.4. The summed E-state index contributed by atoms with van der Waals surface area (Å²) in [7, 11) is 3.11. The number of methoxy groups -OCH3 is 2. The Hall–Kier alpha value is -3.67. The second-order valence-corrected chi connectivity index (χ2v) is 6.40. The fourth-order valence-electron chi connectivity index (χ4n) is 3.30. The van der Waals surface area contributed by atoms with E-state index < -0.39 is 0 Å². The van der Waals surface area contributed by atoms with Crippen LogP contribution in [0.3, 0.4) is 0 Å². The molecule has 0 radical (unpaired) electrons. The van der Waals surface area contributed by atoms with Gasteiger partial charge < -0.3 is 23.9 Å². The van der Waals surface area contributed by atoms with Crippen LogP contribution in [-0.2, 0) is 0 Å². The van der Waals surface area contributed by atoms with Gasteiger partial charge in [0.05, 0.1) is 26.5 Å². The summed E-state index contributed by atoms with van der Waals surface area (Å²) in [6, 6.07) is 16.5. The van der Waals surface area contributed by atoms with Gasteiger partial charge in [-0.2, -0.15) is 0 Å². The van der Waals surface area contributed by atoms with Gasteiger partial charge in [-0.05, 0) is 37.3 Å². The van der Waals surface area contributed by atoms with Gasteiger partial charge in [0, 0.05) is 22.4 Å². The Morgan fingerprint density at radius 1 is 0.897 bits per heavy atom. The van der Waals surface area contributed by atoms with E-state index in [-0.39, 0.29) is 5.91 Å². The molecule has 0 atom stereocenters. The maximum atomic E-state index is 12.8. The molecule has 0 aliphatic rings. The third kappa shape index (κ3) is 3.45. The summed E-state index contributed by atoms with van der Waals surface area (Å²) in [5, 5.41) is 4.82. The lowest BCUT2D eigenvalue weighted by Crippen LogP contribution is -2.13. The first kappa shape index (κ1) is 18.7. The van der Waals surface area contributed by atoms with Crippen molar-refractivity contribution in [2.24, 2.45) is 0 Å². The van der Waals surface area contributed by atoms with Crippen molar-refractivity contribution in [1.29, 1.82) is 0 Å². The Morgan fingerprint density at radius 2 is 1.69 bits per heavy atom. The number of carbonyl (C=O) groups is 1. The highest BCUT2D eigenvalue weighted by atomic mass is 16.5. The molecule has 6 heteroatoms. The largest absolute Gasteiger partial charge is 0.495 e. The van der Waals surface area contributed by atoms with Crippen molar-refractivity contribution in [3.8, 4) is 17.2 Å². The summed E-state index contributed by atoms with van der Waals surface area (Å²) in [6.45, 7) is 2.40. The standard InChI is InChI=1S/C23H21NO5/c1-4-28-19-10-9-14(11-22(19)27-3)23(25)24-17-13-20-16(12-21(17)26-2)15-7-5-6-8-18(15)29-20/h5-13H,4H2,1-3H3,(H,24,25). The fourth-order valence-corrected chi connectivity index (χ4v) is 3.30. The second-order valence-electron chi connectivity index (χ2n) is 6.40. The van der Waals surface area contributed by atoms with E-state index >= 15 is 0 Å². The molecule has 4 rings (SSSR count). The molecule has 3 aromatic carbocycles. The molecule has 29 heavy (non-hydrogen) atoms. The van der Waals surface area contributed by atoms with Gasteiger partial charge in [0.2, 0.25) is 0 Å². The number of ether oxygens (including phenoxy) is 3. The highest BCUT2D eigenvalue weighted by Gasteiger charge is 2.16. The van der Waals surface area contributed by atoms with Crippen LogP contribution in [0, 0.1) is 0 Å². The molecule has 1 N–H and O–H groups in total. The average Bonchev–Trinajstić information content (AvgIpc) is 3.10. The number of furan rings is 1. The molecule has 6 nitrogen and oxygen atoms in total. The summed E-state index contributed by atoms with van der Waals surface area (Å²) in [4.78, 5) is 12.8. The van der Waals surface area contributed by atoms with Gasteiger partial charge in [0.15, 0.2) is 11.5 Å². The smallest absolute Gasteiger partial charge is 0.255 e. The molecule has 1 amide bonds. The molecule has 0 saturated carbocycles. The molecule has 0 bridgehead atoms. The topological polar surface area (TPSA) is 69.9 Å². The van der Waals surface area contributed by atoms with Gasteiger partial charge in [-0.1, -0.05) is 18.2 Å². The Labute approximate surface area is 168 Å². The average molecular weight is 391 g/mol. The molecule has 0 fully saturated rings. The molecule has 0 unspecified atom stereocenters. The molecule has 0 saturated heterocycles. The minimum Gasteiger partial charge on any atom is -0.495 e. The SMILES string of the molecule is CCOc1ccc(C(=O)Nc2cc3oc4ccccc4c3cc2OC)cc1OC. The molecule has 0 spiro atoms. The second kappa shape index (κ2) is 7.75. The monoisotopic (exact) mass is 391 g/mol. The lowest BCUT2D eigenvalue weighted by atomic mass is 10.1. The van der Waals surface area contributed by atoms with Crippen LogP contribution in [0.4, 0.5) is 5.69 Å². The van der Waals surface area contributed by atoms with Gasteiger partial charge in [0.1, 0.15) is 16.9 Å². The number of anilines is 1. The third-order valence-corrected chi connectivity index (χ3v) is 4.67. The van der Waals surface area contributed by atoms with Crippen molar-refractivity contribution in [2.75, 3.05) is 26.1 Å². The summed E-state index contributed by atoms with van der Waals surface area (Å²) < 4.78 is 22.3. The summed E-state index contributed by atoms with van der Waals surface area (Å²) >= 11 is 0. The minimum atomic E-state index is -0.292. The number of nitrogens with one attached hydrogen (secondary N) is 1. The number of para-hydroxylation sites is 1. The summed E-state index contributed by atoms with van der Waals surface area (Å²) in [5.41, 5.74) is 2.42. The molecular weight excluding hydrogens is 370 g/mol. The molecule has 0 aliphatic heterocycles. The predicted octanol–water partition coefficient (Wildman–Crippen LogP) is 5.25. The van der Waals surface area contributed by atoms with Crippen LogP contribution in [0.2, 0.25) is 0 Å². The van der Waals surface area contributed by atoms with E-state index in [9.17, 15) is 4.79 Å². The van der Waals surface area contributed by atoms with Crippen LogP contribution in [0.25, 0.3) is 21.9 Å². The van der Waals surface area contributed by atoms with Crippen molar-refractivity contribution in [3.05, 3.63) is 60.2 Å². The van der Waals surface area contributed by atoms with E-state index in [0.717, 1.165) is 16.4 Å². The number of benzene rings is 3. The zero-order valence-electron chi connectivity index (χ0n) is 16.4. The van der Waals surface area contributed by atoms with Crippen LogP contribution >= 0.6 is 0 Å². The van der Waals surface area contributed by atoms with Crippen molar-refractivity contribution in [2.45, 2.75) is 6.92 Å². The maximum absolute atomic E-state index is 12.8. The Kier molecular flexibility index (Phi) is 4.99. The summed E-state index contributed by atoms with van der Waals surface area (Å²) in [6.07, 6.45) is 0. The fraction of sp³-hybridized carbons (Fsp3) is 0.174. The van der Waals surface area contributed by atoms with E-state index in [4.69, 9.17) is 18.6 Å². The Bertz CT molecular complexity index is 1190. The quantitative estimate of drug-likeness (QED) is 0.486. The summed E-state index contributed by atoms with van der Waals surface area (Å²) in [5.74, 6) is 1.35. The number of fused-ring (bicyclic) bond motifs is 3. The van der Waals surface area contributed by atoms with E-state index in [1.54, 1.807) is 31.4 Å². The van der Waals surface area contributed by atoms with Gasteiger partial charge in [-0.25, -0.2) is 0 Å². The number of rotatable bonds is 6. The first-order valence-electron chi connectivity index (χ1n) is 9.26. The van der Waals surface area contributed by atoms with Crippen molar-refractivity contribution in [1.82, 2.24) is 0 Å². The number of hydrogen-bond acceptors (Lipinski definition) is 5. The van der Waals surface area contributed by atoms with Crippen LogP contribution < -0.4 is 19.5 Å². The van der Waals surface area contributed by atoms with Gasteiger partial charge >= 0.3 is 0 Å². The van der Waals surface area contributed by atoms with E-state index in [1.807, 2.05) is 37.3 Å². The lowest BCUT2D eigenvalue weighted by Gasteiger charge is -2.13. The van der Waals surface area contributed by atoms with Gasteiger partial charge in [0.25, 0.3) is 5.91 Å². The highest BCUT2D eigenvalue weighted by Crippen LogP contribution is 2.37. The third-order valence-electron chi connectivity index (χ3n) is 4.67. The maximum Gasteiger partial charge on any atom is 0.255 e. The van der Waals surface area contributed by atoms with E-state index in [1.165, 1.54) is 7.11 Å². The molecule has 4 aromatic rings.